The molecule has 116 valence electrons. The standard InChI is InChI=1S/C15H28N2O2S/c1-16(2)9-13-7-14(18)10-17(13)12-3-5-19-15(8-12)4-6-20-11-15/h12-14,18H,3-11H2,1-2H3. The first-order chi connectivity index (χ1) is 9.58. The summed E-state index contributed by atoms with van der Waals surface area (Å²) in [6.45, 7) is 2.80. The van der Waals surface area contributed by atoms with Crippen LogP contribution in [-0.4, -0.2) is 84.0 Å². The number of nitrogens with zero attached hydrogens (tertiary/aromatic N) is 2. The minimum atomic E-state index is -0.142. The van der Waals surface area contributed by atoms with Gasteiger partial charge in [0.25, 0.3) is 0 Å². The van der Waals surface area contributed by atoms with Crippen LogP contribution in [0.25, 0.3) is 0 Å². The van der Waals surface area contributed by atoms with Crippen molar-refractivity contribution in [2.75, 3.05) is 45.3 Å². The highest BCUT2D eigenvalue weighted by molar-refractivity contribution is 7.99. The third-order valence-corrected chi connectivity index (χ3v) is 6.24. The number of rotatable bonds is 3. The fraction of sp³-hybridized carbons (Fsp3) is 1.00. The van der Waals surface area contributed by atoms with Gasteiger partial charge >= 0.3 is 0 Å². The van der Waals surface area contributed by atoms with E-state index in [1.807, 2.05) is 11.8 Å². The predicted octanol–water partition coefficient (Wildman–Crippen LogP) is 1.04. The lowest BCUT2D eigenvalue weighted by Gasteiger charge is -2.43. The Kier molecular flexibility index (Phi) is 4.63. The molecule has 0 saturated carbocycles. The van der Waals surface area contributed by atoms with Gasteiger partial charge in [0.1, 0.15) is 0 Å². The van der Waals surface area contributed by atoms with E-state index in [1.54, 1.807) is 0 Å². The number of likely N-dealkylation sites (tertiary alicyclic amines) is 1. The Labute approximate surface area is 126 Å². The van der Waals surface area contributed by atoms with Crippen LogP contribution in [0.2, 0.25) is 0 Å². The molecular formula is C15H28N2O2S. The SMILES string of the molecule is CN(C)CC1CC(O)CN1C1CCOC2(CCSC2)C1. The molecule has 0 amide bonds. The zero-order chi connectivity index (χ0) is 14.2. The molecule has 0 aliphatic carbocycles. The molecule has 3 heterocycles. The average molecular weight is 300 g/mol. The molecule has 1 spiro atoms. The van der Waals surface area contributed by atoms with Gasteiger partial charge in [0.15, 0.2) is 0 Å². The minimum absolute atomic E-state index is 0.142. The Hall–Kier alpha value is 0.190. The summed E-state index contributed by atoms with van der Waals surface area (Å²) >= 11 is 2.03. The monoisotopic (exact) mass is 300 g/mol. The van der Waals surface area contributed by atoms with Crippen molar-refractivity contribution in [1.82, 2.24) is 9.80 Å². The molecule has 0 aromatic heterocycles. The van der Waals surface area contributed by atoms with Crippen LogP contribution in [0.1, 0.15) is 25.7 Å². The molecule has 1 N–H and O–H groups in total. The first-order valence-electron chi connectivity index (χ1n) is 7.88. The number of hydrogen-bond donors (Lipinski definition) is 1. The van der Waals surface area contributed by atoms with E-state index in [0.29, 0.717) is 12.1 Å². The number of aliphatic hydroxyl groups is 1. The van der Waals surface area contributed by atoms with Gasteiger partial charge in [-0.15, -0.1) is 0 Å². The second-order valence-electron chi connectivity index (χ2n) is 6.98. The highest BCUT2D eigenvalue weighted by Crippen LogP contribution is 2.40. The highest BCUT2D eigenvalue weighted by atomic mass is 32.2. The van der Waals surface area contributed by atoms with E-state index in [4.69, 9.17) is 4.74 Å². The number of likely N-dealkylation sites (N-methyl/N-ethyl adjacent to an activating group) is 1. The van der Waals surface area contributed by atoms with E-state index in [-0.39, 0.29) is 11.7 Å². The second-order valence-corrected chi connectivity index (χ2v) is 8.09. The highest BCUT2D eigenvalue weighted by Gasteiger charge is 2.45. The van der Waals surface area contributed by atoms with Crippen LogP contribution in [0.5, 0.6) is 0 Å². The zero-order valence-electron chi connectivity index (χ0n) is 12.8. The van der Waals surface area contributed by atoms with Crippen molar-refractivity contribution in [2.45, 2.75) is 49.5 Å². The van der Waals surface area contributed by atoms with Crippen molar-refractivity contribution in [1.29, 1.82) is 0 Å². The number of thioether (sulfide) groups is 1. The van der Waals surface area contributed by atoms with E-state index in [1.165, 1.54) is 12.2 Å². The van der Waals surface area contributed by atoms with E-state index in [9.17, 15) is 5.11 Å². The van der Waals surface area contributed by atoms with E-state index >= 15 is 0 Å². The first-order valence-corrected chi connectivity index (χ1v) is 9.04. The Morgan fingerprint density at radius 3 is 3.00 bits per heavy atom. The normalized spacial score (nSPS) is 42.9. The van der Waals surface area contributed by atoms with E-state index < -0.39 is 0 Å². The molecule has 3 aliphatic rings. The Morgan fingerprint density at radius 1 is 1.45 bits per heavy atom. The van der Waals surface area contributed by atoms with Crippen LogP contribution in [0.4, 0.5) is 0 Å². The van der Waals surface area contributed by atoms with Crippen molar-refractivity contribution in [3.8, 4) is 0 Å². The molecule has 0 radical (unpaired) electrons. The summed E-state index contributed by atoms with van der Waals surface area (Å²) in [5, 5.41) is 10.1. The number of aliphatic hydroxyl groups excluding tert-OH is 1. The summed E-state index contributed by atoms with van der Waals surface area (Å²) in [6, 6.07) is 1.11. The van der Waals surface area contributed by atoms with Crippen LogP contribution >= 0.6 is 11.8 Å². The van der Waals surface area contributed by atoms with E-state index in [0.717, 1.165) is 44.7 Å². The number of ether oxygens (including phenoxy) is 1. The molecule has 5 heteroatoms. The molecule has 0 aromatic carbocycles. The van der Waals surface area contributed by atoms with Gasteiger partial charge in [-0.3, -0.25) is 4.90 Å². The summed E-state index contributed by atoms with van der Waals surface area (Å²) in [7, 11) is 4.25. The van der Waals surface area contributed by atoms with Crippen molar-refractivity contribution in [3.63, 3.8) is 0 Å². The van der Waals surface area contributed by atoms with Crippen molar-refractivity contribution in [3.05, 3.63) is 0 Å². The van der Waals surface area contributed by atoms with Gasteiger partial charge in [0.05, 0.1) is 11.7 Å². The maximum Gasteiger partial charge on any atom is 0.0795 e. The van der Waals surface area contributed by atoms with Gasteiger partial charge in [0.2, 0.25) is 0 Å². The van der Waals surface area contributed by atoms with Gasteiger partial charge in [-0.25, -0.2) is 0 Å². The molecule has 3 saturated heterocycles. The molecule has 3 rings (SSSR count). The molecule has 4 unspecified atom stereocenters. The summed E-state index contributed by atoms with van der Waals surface area (Å²) in [5.41, 5.74) is 0.143. The van der Waals surface area contributed by atoms with Crippen LogP contribution in [0.3, 0.4) is 0 Å². The smallest absolute Gasteiger partial charge is 0.0795 e. The lowest BCUT2D eigenvalue weighted by atomic mass is 9.88. The largest absolute Gasteiger partial charge is 0.392 e. The topological polar surface area (TPSA) is 35.9 Å². The summed E-state index contributed by atoms with van der Waals surface area (Å²) < 4.78 is 6.14. The molecule has 4 nitrogen and oxygen atoms in total. The van der Waals surface area contributed by atoms with Crippen molar-refractivity contribution < 1.29 is 9.84 Å². The summed E-state index contributed by atoms with van der Waals surface area (Å²) in [6.07, 6.45) is 4.29. The van der Waals surface area contributed by atoms with Gasteiger partial charge < -0.3 is 14.7 Å². The Bertz CT molecular complexity index is 334. The van der Waals surface area contributed by atoms with Crippen LogP contribution < -0.4 is 0 Å². The maximum atomic E-state index is 10.1. The molecule has 3 aliphatic heterocycles. The summed E-state index contributed by atoms with van der Waals surface area (Å²) in [5.74, 6) is 2.41. The zero-order valence-corrected chi connectivity index (χ0v) is 13.6. The fourth-order valence-corrected chi connectivity index (χ4v) is 5.49. The van der Waals surface area contributed by atoms with E-state index in [2.05, 4.69) is 23.9 Å². The molecule has 0 aromatic rings. The van der Waals surface area contributed by atoms with Gasteiger partial charge in [-0.05, 0) is 45.5 Å². The quantitative estimate of drug-likeness (QED) is 0.843. The fourth-order valence-electron chi connectivity index (χ4n) is 4.11. The molecule has 20 heavy (non-hydrogen) atoms. The van der Waals surface area contributed by atoms with Gasteiger partial charge in [-0.2, -0.15) is 11.8 Å². The van der Waals surface area contributed by atoms with Crippen molar-refractivity contribution in [2.24, 2.45) is 0 Å². The Balaban J connectivity index is 1.67. The average Bonchev–Trinajstić information content (AvgIpc) is 2.96. The first kappa shape index (κ1) is 15.1. The second kappa shape index (κ2) is 6.13. The summed E-state index contributed by atoms with van der Waals surface area (Å²) in [4.78, 5) is 4.83. The predicted molar refractivity (Wildman–Crippen MR) is 83.3 cm³/mol. The molecule has 0 bridgehead atoms. The lowest BCUT2D eigenvalue weighted by Crippen LogP contribution is -2.52. The maximum absolute atomic E-state index is 10.1. The van der Waals surface area contributed by atoms with Crippen LogP contribution in [-0.2, 0) is 4.74 Å². The van der Waals surface area contributed by atoms with Crippen LogP contribution in [0.15, 0.2) is 0 Å². The third-order valence-electron chi connectivity index (χ3n) is 5.01. The number of hydrogen-bond acceptors (Lipinski definition) is 5. The van der Waals surface area contributed by atoms with Gasteiger partial charge in [-0.1, -0.05) is 0 Å². The third kappa shape index (κ3) is 3.17. The molecular weight excluding hydrogens is 272 g/mol. The minimum Gasteiger partial charge on any atom is -0.392 e. The number of β-amino-alcohol motifs (C(OH)–C–C–N with tert-alkyl or cyclic N) is 1. The molecule has 4 atom stereocenters. The van der Waals surface area contributed by atoms with Gasteiger partial charge in [0, 0.05) is 37.5 Å². The van der Waals surface area contributed by atoms with Crippen molar-refractivity contribution >= 4 is 11.8 Å². The Morgan fingerprint density at radius 2 is 2.30 bits per heavy atom. The lowest BCUT2D eigenvalue weighted by molar-refractivity contribution is -0.0926. The van der Waals surface area contributed by atoms with Crippen LogP contribution in [0, 0.1) is 0 Å². The molecule has 3 fully saturated rings.